The molecule has 0 aliphatic heterocycles. The van der Waals surface area contributed by atoms with E-state index in [9.17, 15) is 48.6 Å². The van der Waals surface area contributed by atoms with E-state index < -0.39 is 6.23 Å². The van der Waals surface area contributed by atoms with Crippen molar-refractivity contribution in [3.05, 3.63) is 187 Å². The molecule has 23 heteroatoms. The summed E-state index contributed by atoms with van der Waals surface area (Å²) in [7, 11) is 12.4. The van der Waals surface area contributed by atoms with Crippen LogP contribution in [0.1, 0.15) is 124 Å². The van der Waals surface area contributed by atoms with Crippen LogP contribution in [0.3, 0.4) is 0 Å². The third-order valence-corrected chi connectivity index (χ3v) is 15.6. The third kappa shape index (κ3) is 22.3. The van der Waals surface area contributed by atoms with Crippen molar-refractivity contribution in [1.29, 1.82) is 5.41 Å². The molecule has 4 aromatic rings. The number of aldehydes is 2. The van der Waals surface area contributed by atoms with Crippen LogP contribution in [0.5, 0.6) is 46.0 Å². The molecule has 8 rings (SSSR count). The average Bonchev–Trinajstić information content (AvgIpc) is 0.807. The maximum Gasteiger partial charge on any atom is 0.312 e. The van der Waals surface area contributed by atoms with Gasteiger partial charge in [-0.1, -0.05) is 81.0 Å². The molecule has 0 amide bonds. The van der Waals surface area contributed by atoms with Crippen molar-refractivity contribution in [2.75, 3.05) is 56.9 Å². The van der Waals surface area contributed by atoms with Crippen molar-refractivity contribution in [3.8, 4) is 46.0 Å². The van der Waals surface area contributed by atoms with Crippen LogP contribution in [0, 0.1) is 29.1 Å². The molecule has 4 aliphatic rings. The zero-order valence-corrected chi connectivity index (χ0v) is 59.9. The number of Topliss-reactive ketones (excluding diaryl/α,β-unsaturated/α-hetero) is 4. The number of carbonyl (C=O) groups excluding carboxylic acids is 9. The van der Waals surface area contributed by atoms with Crippen LogP contribution in [-0.4, -0.2) is 126 Å². The van der Waals surface area contributed by atoms with E-state index in [0.29, 0.717) is 108 Å². The zero-order chi connectivity index (χ0) is 74.9. The van der Waals surface area contributed by atoms with Gasteiger partial charge in [-0.2, -0.15) is 0 Å². The number of methoxy groups -OCH3 is 8. The van der Waals surface area contributed by atoms with Gasteiger partial charge in [0.1, 0.15) is 12.0 Å². The number of carbonyl (C=O) groups is 8. The van der Waals surface area contributed by atoms with Crippen molar-refractivity contribution in [2.45, 2.75) is 103 Å². The van der Waals surface area contributed by atoms with Gasteiger partial charge in [-0.15, -0.1) is 5.76 Å². The van der Waals surface area contributed by atoms with Gasteiger partial charge in [-0.25, -0.2) is 0 Å². The summed E-state index contributed by atoms with van der Waals surface area (Å²) in [6.45, 7) is 21.7. The van der Waals surface area contributed by atoms with Crippen molar-refractivity contribution in [3.63, 3.8) is 0 Å². The lowest BCUT2D eigenvalue weighted by molar-refractivity contribution is -0.296. The Hall–Kier alpha value is -10.9. The van der Waals surface area contributed by atoms with Gasteiger partial charge in [0.2, 0.25) is 23.1 Å². The number of ketones is 7. The Morgan fingerprint density at radius 1 is 0.480 bits per heavy atom. The number of hydrogen-bond acceptors (Lipinski definition) is 22. The second kappa shape index (κ2) is 40.1. The zero-order valence-electron chi connectivity index (χ0n) is 59.9. The van der Waals surface area contributed by atoms with Gasteiger partial charge < -0.3 is 64.5 Å². The fraction of sp³-hybridized carbons (Fsp3) is 0.351. The molecule has 538 valence electrons. The Morgan fingerprint density at radius 3 is 1.27 bits per heavy atom. The normalized spacial score (nSPS) is 14.5. The van der Waals surface area contributed by atoms with Gasteiger partial charge in [0.25, 0.3) is 0 Å². The highest BCUT2D eigenvalue weighted by molar-refractivity contribution is 6.51. The minimum absolute atomic E-state index is 0. The lowest BCUT2D eigenvalue weighted by atomic mass is 9.88. The molecule has 7 N–H and O–H groups in total. The molecular weight excluding hydrogens is 1280 g/mol. The fourth-order valence-electron chi connectivity index (χ4n) is 9.42. The maximum absolute atomic E-state index is 12.6. The summed E-state index contributed by atoms with van der Waals surface area (Å²) in [6, 6.07) is 20.6. The number of aliphatic hydroxyl groups is 1. The molecule has 0 bridgehead atoms. The summed E-state index contributed by atoms with van der Waals surface area (Å²) < 4.78 is 40.9. The SMILES string of the molecule is C.CC1=C(N)C(=O)C(C(C)C)=CC1=O.CC1=C([O-])C=C(C(C)C)C(=O)C1=N.COc1ccc(C(O)NC2=C(C)C(=O)C=C(C(C)C)C2=O)cc1OC.COc1ccc(C=O)cc1OC.COc1ccc(C=[OH+])cc1OC.COc1ccc(CNC2=C(C)C(=O)C=C(C(C)C)C2=O)cc1OC. The van der Waals surface area contributed by atoms with Crippen LogP contribution in [0.2, 0.25) is 0 Å². The van der Waals surface area contributed by atoms with Gasteiger partial charge in [-0.3, -0.25) is 48.6 Å². The first-order valence-corrected chi connectivity index (χ1v) is 31.2. The van der Waals surface area contributed by atoms with E-state index in [1.807, 2.05) is 73.6 Å². The second-order valence-corrected chi connectivity index (χ2v) is 23.5. The molecule has 0 radical (unpaired) electrons. The monoisotopic (exact) mass is 1380 g/mol. The van der Waals surface area contributed by atoms with Gasteiger partial charge in [-0.05, 0) is 141 Å². The average molecular weight is 1380 g/mol. The molecular formula is C77H96N4O19. The van der Waals surface area contributed by atoms with E-state index in [-0.39, 0.29) is 106 Å². The third-order valence-electron chi connectivity index (χ3n) is 15.6. The first-order valence-electron chi connectivity index (χ1n) is 31.2. The van der Waals surface area contributed by atoms with Gasteiger partial charge >= 0.3 is 6.29 Å². The number of nitrogens with two attached hydrogens (primary N) is 1. The summed E-state index contributed by atoms with van der Waals surface area (Å²) in [5.74, 6) is 3.08. The summed E-state index contributed by atoms with van der Waals surface area (Å²) in [5.41, 5.74) is 11.9. The van der Waals surface area contributed by atoms with E-state index in [1.54, 1.807) is 111 Å². The van der Waals surface area contributed by atoms with Crippen molar-refractivity contribution >= 4 is 58.8 Å². The molecule has 100 heavy (non-hydrogen) atoms. The summed E-state index contributed by atoms with van der Waals surface area (Å²) in [6.07, 6.45) is 6.16. The van der Waals surface area contributed by atoms with Crippen LogP contribution >= 0.6 is 0 Å². The van der Waals surface area contributed by atoms with Crippen LogP contribution in [0.15, 0.2) is 165 Å². The first-order chi connectivity index (χ1) is 46.7. The van der Waals surface area contributed by atoms with Crippen LogP contribution < -0.4 is 59.4 Å². The van der Waals surface area contributed by atoms with Crippen LogP contribution in [-0.2, 0) is 40.1 Å². The highest BCUT2D eigenvalue weighted by atomic mass is 16.5. The molecule has 4 aliphatic carbocycles. The molecule has 1 unspecified atom stereocenters. The van der Waals surface area contributed by atoms with Crippen LogP contribution in [0.4, 0.5) is 0 Å². The summed E-state index contributed by atoms with van der Waals surface area (Å²) in [5, 5.41) is 35.0. The number of nitrogens with one attached hydrogen (secondary N) is 3. The largest absolute Gasteiger partial charge is 0.872 e. The van der Waals surface area contributed by atoms with E-state index >= 15 is 0 Å². The van der Waals surface area contributed by atoms with Crippen molar-refractivity contribution in [2.24, 2.45) is 29.4 Å². The van der Waals surface area contributed by atoms with E-state index in [1.165, 1.54) is 52.6 Å². The quantitative estimate of drug-likeness (QED) is 0.0180. The van der Waals surface area contributed by atoms with Crippen molar-refractivity contribution < 1.29 is 91.3 Å². The number of hydrogen-bond donors (Lipinski definition) is 5. The molecule has 0 aromatic heterocycles. The lowest BCUT2D eigenvalue weighted by Crippen LogP contribution is -2.32. The maximum atomic E-state index is 12.6. The highest BCUT2D eigenvalue weighted by Crippen LogP contribution is 2.33. The Balaban J connectivity index is 0.000000420. The molecule has 0 spiro atoms. The van der Waals surface area contributed by atoms with Crippen molar-refractivity contribution in [1.82, 2.24) is 10.6 Å². The van der Waals surface area contributed by atoms with Gasteiger partial charge in [0, 0.05) is 56.7 Å². The topological polar surface area (TPSA) is 349 Å². The Labute approximate surface area is 586 Å². The Bertz CT molecular complexity index is 3940. The van der Waals surface area contributed by atoms with Gasteiger partial charge in [0.15, 0.2) is 69.6 Å². The standard InChI is InChI=1S/C19H23NO5.C19H23NO4.2C10H13NO2.2C9H10O3.CH4/c1-10(2)13-9-14(21)11(3)17(18(13)22)20-19(23)12-6-7-15(24-4)16(8-12)25-5;1-11(2)14-9-15(21)12(3)18(19(14)22)20-10-13-6-7-16(23-4)17(8-13)24-5;2*1-5(2)7-4-8(12)6(3)9(11)10(7)13;2*1-11-8-4-3-7(6-10)5-9(8)12-2;/h6-10,19-20,23H,1-5H3;6-9,11,20H,10H2,1-5H3;4-5H,11H2,1-3H3;4-5,11-12H,1-3H3;2*3-6H,1-2H3;1H4. The Kier molecular flexibility index (Phi) is 34.1. The molecule has 1 atom stereocenters. The van der Waals surface area contributed by atoms with Crippen LogP contribution in [0.25, 0.3) is 0 Å². The predicted molar refractivity (Wildman–Crippen MR) is 382 cm³/mol. The Morgan fingerprint density at radius 2 is 0.840 bits per heavy atom. The minimum atomic E-state index is -1.17. The number of ether oxygens (including phenoxy) is 8. The molecule has 0 heterocycles. The number of rotatable bonds is 20. The summed E-state index contributed by atoms with van der Waals surface area (Å²) >= 11 is 0. The molecule has 0 saturated heterocycles. The minimum Gasteiger partial charge on any atom is -0.872 e. The molecule has 0 saturated carbocycles. The number of benzene rings is 4. The van der Waals surface area contributed by atoms with E-state index in [0.717, 1.165) is 18.1 Å². The van der Waals surface area contributed by atoms with E-state index in [2.05, 4.69) is 10.6 Å². The highest BCUT2D eigenvalue weighted by Gasteiger charge is 2.31. The number of allylic oxidation sites excluding steroid dienone is 12. The number of aliphatic hydroxyl groups excluding tert-OH is 1. The second-order valence-electron chi connectivity index (χ2n) is 23.5. The van der Waals surface area contributed by atoms with E-state index in [4.69, 9.17) is 53.8 Å². The first kappa shape index (κ1) is 85.1. The fourth-order valence-corrected chi connectivity index (χ4v) is 9.42. The molecule has 4 aromatic carbocycles. The van der Waals surface area contributed by atoms with Gasteiger partial charge in [0.05, 0.1) is 79.5 Å². The predicted octanol–water partition coefficient (Wildman–Crippen LogP) is 10.2. The smallest absolute Gasteiger partial charge is 0.312 e. The summed E-state index contributed by atoms with van der Waals surface area (Å²) in [4.78, 5) is 103. The molecule has 23 nitrogen and oxygen atoms in total. The molecule has 0 fully saturated rings. The lowest BCUT2D eigenvalue weighted by Gasteiger charge is -2.23.